The van der Waals surface area contributed by atoms with Crippen LogP contribution in [0.25, 0.3) is 0 Å². The predicted octanol–water partition coefficient (Wildman–Crippen LogP) is 1.97. The van der Waals surface area contributed by atoms with E-state index in [0.29, 0.717) is 18.5 Å². The van der Waals surface area contributed by atoms with Crippen LogP contribution >= 0.6 is 0 Å². The molecule has 0 spiro atoms. The highest BCUT2D eigenvalue weighted by Gasteiger charge is 2.09. The Morgan fingerprint density at radius 2 is 2.07 bits per heavy atom. The minimum atomic E-state index is 0.216. The van der Waals surface area contributed by atoms with Gasteiger partial charge in [0.1, 0.15) is 18.2 Å². The molecule has 2 N–H and O–H groups in total. The van der Waals surface area contributed by atoms with E-state index in [4.69, 9.17) is 10.5 Å². The lowest BCUT2D eigenvalue weighted by atomic mass is 10.4. The zero-order valence-electron chi connectivity index (χ0n) is 9.32. The third-order valence-corrected chi connectivity index (χ3v) is 1.93. The van der Waals surface area contributed by atoms with E-state index in [9.17, 15) is 0 Å². The lowest BCUT2D eigenvalue weighted by Gasteiger charge is -2.12. The van der Waals surface area contributed by atoms with Crippen LogP contribution in [-0.4, -0.2) is 15.7 Å². The summed E-state index contributed by atoms with van der Waals surface area (Å²) in [5, 5.41) is 0. The van der Waals surface area contributed by atoms with Gasteiger partial charge in [-0.15, -0.1) is 0 Å². The number of anilines is 1. The van der Waals surface area contributed by atoms with Crippen molar-refractivity contribution in [2.75, 3.05) is 5.73 Å². The van der Waals surface area contributed by atoms with Gasteiger partial charge in [0.25, 0.3) is 0 Å². The summed E-state index contributed by atoms with van der Waals surface area (Å²) >= 11 is 0. The highest BCUT2D eigenvalue weighted by atomic mass is 16.5. The van der Waals surface area contributed by atoms with Gasteiger partial charge in [0.05, 0.1) is 6.10 Å². The first kappa shape index (κ1) is 11.0. The molecule has 0 saturated carbocycles. The molecule has 0 unspecified atom stereocenters. The molecule has 0 aliphatic heterocycles. The van der Waals surface area contributed by atoms with Crippen LogP contribution in [0.3, 0.4) is 0 Å². The molecule has 0 saturated heterocycles. The first-order chi connectivity index (χ1) is 6.50. The number of hydrogen-bond donors (Lipinski definition) is 1. The third kappa shape index (κ3) is 2.73. The van der Waals surface area contributed by atoms with Crippen LogP contribution in [0.4, 0.5) is 5.82 Å². The second-order valence-electron chi connectivity index (χ2n) is 3.94. The average molecular weight is 197 g/mol. The molecule has 14 heavy (non-hydrogen) atoms. The molecule has 1 aromatic heterocycles. The number of rotatable bonds is 4. The van der Waals surface area contributed by atoms with Crippen LogP contribution in [0.1, 0.15) is 39.6 Å². The molecule has 0 atom stereocenters. The molecule has 4 nitrogen and oxygen atoms in total. The molecule has 0 fully saturated rings. The quantitative estimate of drug-likeness (QED) is 0.802. The molecule has 80 valence electrons. The second kappa shape index (κ2) is 4.46. The third-order valence-electron chi connectivity index (χ3n) is 1.93. The fourth-order valence-electron chi connectivity index (χ4n) is 1.25. The monoisotopic (exact) mass is 197 g/mol. The maximum atomic E-state index is 5.64. The van der Waals surface area contributed by atoms with Crippen molar-refractivity contribution in [3.05, 3.63) is 12.0 Å². The van der Waals surface area contributed by atoms with Crippen molar-refractivity contribution in [1.82, 2.24) is 9.55 Å². The van der Waals surface area contributed by atoms with Crippen LogP contribution in [0.2, 0.25) is 0 Å². The summed E-state index contributed by atoms with van der Waals surface area (Å²) in [5.74, 6) is 1.45. The van der Waals surface area contributed by atoms with Gasteiger partial charge in [0.15, 0.2) is 0 Å². The van der Waals surface area contributed by atoms with Gasteiger partial charge in [-0.1, -0.05) is 0 Å². The molecule has 0 aliphatic rings. The van der Waals surface area contributed by atoms with E-state index in [2.05, 4.69) is 18.8 Å². The van der Waals surface area contributed by atoms with Gasteiger partial charge >= 0.3 is 0 Å². The zero-order chi connectivity index (χ0) is 10.7. The van der Waals surface area contributed by atoms with Crippen molar-refractivity contribution in [1.29, 1.82) is 0 Å². The first-order valence-electron chi connectivity index (χ1n) is 4.95. The number of ether oxygens (including phenoxy) is 1. The van der Waals surface area contributed by atoms with Crippen molar-refractivity contribution in [2.45, 2.75) is 46.4 Å². The van der Waals surface area contributed by atoms with Gasteiger partial charge in [0.2, 0.25) is 0 Å². The van der Waals surface area contributed by atoms with Gasteiger partial charge in [-0.3, -0.25) is 0 Å². The van der Waals surface area contributed by atoms with Crippen LogP contribution in [-0.2, 0) is 11.3 Å². The number of aromatic nitrogens is 2. The van der Waals surface area contributed by atoms with E-state index in [1.807, 2.05) is 24.6 Å². The van der Waals surface area contributed by atoms with Crippen molar-refractivity contribution >= 4 is 5.82 Å². The molecule has 1 heterocycles. The molecule has 0 radical (unpaired) electrons. The van der Waals surface area contributed by atoms with Gasteiger partial charge < -0.3 is 15.0 Å². The Hall–Kier alpha value is -1.03. The van der Waals surface area contributed by atoms with Gasteiger partial charge in [0, 0.05) is 12.2 Å². The van der Waals surface area contributed by atoms with E-state index >= 15 is 0 Å². The SMILES string of the molecule is CC(C)OCc1nc(N)cn1C(C)C. The van der Waals surface area contributed by atoms with Gasteiger partial charge in [-0.25, -0.2) is 4.98 Å². The van der Waals surface area contributed by atoms with E-state index in [1.54, 1.807) is 0 Å². The highest BCUT2D eigenvalue weighted by molar-refractivity contribution is 5.26. The summed E-state index contributed by atoms with van der Waals surface area (Å²) in [7, 11) is 0. The van der Waals surface area contributed by atoms with Crippen molar-refractivity contribution in [3.63, 3.8) is 0 Å². The molecule has 0 amide bonds. The largest absolute Gasteiger partial charge is 0.382 e. The van der Waals surface area contributed by atoms with E-state index in [0.717, 1.165) is 5.82 Å². The maximum Gasteiger partial charge on any atom is 0.142 e. The van der Waals surface area contributed by atoms with Gasteiger partial charge in [-0.05, 0) is 27.7 Å². The molecule has 4 heteroatoms. The Balaban J connectivity index is 2.74. The van der Waals surface area contributed by atoms with Crippen molar-refractivity contribution in [3.8, 4) is 0 Å². The summed E-state index contributed by atoms with van der Waals surface area (Å²) in [6.07, 6.45) is 2.07. The lowest BCUT2D eigenvalue weighted by Crippen LogP contribution is -2.10. The second-order valence-corrected chi connectivity index (χ2v) is 3.94. The standard InChI is InChI=1S/C10H19N3O/c1-7(2)13-5-9(11)12-10(13)6-14-8(3)4/h5,7-8H,6,11H2,1-4H3. The molecule has 0 aliphatic carbocycles. The Labute approximate surface area is 85.1 Å². The minimum absolute atomic E-state index is 0.216. The molecule has 1 aromatic rings. The number of hydrogen-bond acceptors (Lipinski definition) is 3. The highest BCUT2D eigenvalue weighted by Crippen LogP contribution is 2.13. The Kier molecular flexibility index (Phi) is 3.52. The van der Waals surface area contributed by atoms with E-state index in [1.165, 1.54) is 0 Å². The summed E-state index contributed by atoms with van der Waals surface area (Å²) < 4.78 is 7.53. The summed E-state index contributed by atoms with van der Waals surface area (Å²) in [6, 6.07) is 0.366. The molecule has 1 rings (SSSR count). The van der Waals surface area contributed by atoms with Crippen molar-refractivity contribution in [2.24, 2.45) is 0 Å². The predicted molar refractivity (Wildman–Crippen MR) is 56.9 cm³/mol. The minimum Gasteiger partial charge on any atom is -0.382 e. The van der Waals surface area contributed by atoms with Crippen LogP contribution < -0.4 is 5.73 Å². The van der Waals surface area contributed by atoms with Gasteiger partial charge in [-0.2, -0.15) is 0 Å². The van der Waals surface area contributed by atoms with E-state index < -0.39 is 0 Å². The molecular formula is C10H19N3O. The summed E-state index contributed by atoms with van der Waals surface area (Å²) in [4.78, 5) is 4.22. The lowest BCUT2D eigenvalue weighted by molar-refractivity contribution is 0.0590. The summed E-state index contributed by atoms with van der Waals surface area (Å²) in [6.45, 7) is 8.73. The zero-order valence-corrected chi connectivity index (χ0v) is 9.32. The number of nitrogens with two attached hydrogens (primary N) is 1. The number of nitrogens with zero attached hydrogens (tertiary/aromatic N) is 2. The molecule has 0 bridgehead atoms. The average Bonchev–Trinajstić information content (AvgIpc) is 2.43. The number of nitrogen functional groups attached to an aromatic ring is 1. The van der Waals surface area contributed by atoms with Crippen molar-refractivity contribution < 1.29 is 4.74 Å². The molecule has 0 aromatic carbocycles. The Morgan fingerprint density at radius 3 is 2.57 bits per heavy atom. The normalized spacial score (nSPS) is 11.6. The smallest absolute Gasteiger partial charge is 0.142 e. The maximum absolute atomic E-state index is 5.64. The topological polar surface area (TPSA) is 53.1 Å². The summed E-state index contributed by atoms with van der Waals surface area (Å²) in [5.41, 5.74) is 5.64. The number of imidazole rings is 1. The Morgan fingerprint density at radius 1 is 1.43 bits per heavy atom. The first-order valence-corrected chi connectivity index (χ1v) is 4.95. The molecular weight excluding hydrogens is 178 g/mol. The van der Waals surface area contributed by atoms with Crippen LogP contribution in [0, 0.1) is 0 Å². The fraction of sp³-hybridized carbons (Fsp3) is 0.700. The fourth-order valence-corrected chi connectivity index (χ4v) is 1.25. The van der Waals surface area contributed by atoms with Crippen LogP contribution in [0.5, 0.6) is 0 Å². The van der Waals surface area contributed by atoms with E-state index in [-0.39, 0.29) is 6.10 Å². The Bertz CT molecular complexity index is 292. The van der Waals surface area contributed by atoms with Crippen LogP contribution in [0.15, 0.2) is 6.20 Å².